The Labute approximate surface area is 115 Å². The van der Waals surface area contributed by atoms with Gasteiger partial charge in [0.15, 0.2) is 5.82 Å². The van der Waals surface area contributed by atoms with Gasteiger partial charge in [-0.2, -0.15) is 0 Å². The van der Waals surface area contributed by atoms with Crippen LogP contribution in [-0.4, -0.2) is 20.0 Å². The molecule has 0 aliphatic rings. The molecular weight excluding hydrogens is 297 g/mol. The molecule has 0 amide bonds. The molecule has 1 aromatic carbocycles. The summed E-state index contributed by atoms with van der Waals surface area (Å²) in [4.78, 5) is 10.9. The fraction of sp³-hybridized carbons (Fsp3) is 0.364. The van der Waals surface area contributed by atoms with E-state index < -0.39 is 37.9 Å². The van der Waals surface area contributed by atoms with Crippen LogP contribution in [0.2, 0.25) is 5.02 Å². The molecule has 0 fully saturated rings. The standard InChI is InChI=1S/C11H13ClFNO4S/c1-11(2,3)18-10(15)7-4-6(12)5-8(9(7)13)19(14,16)17/h4-5H,1-3H3,(H2,14,16,17). The second-order valence-corrected chi connectivity index (χ2v) is 6.78. The molecule has 0 atom stereocenters. The van der Waals surface area contributed by atoms with Crippen molar-refractivity contribution in [3.63, 3.8) is 0 Å². The first-order valence-electron chi connectivity index (χ1n) is 5.17. The third-order valence-corrected chi connectivity index (χ3v) is 3.06. The number of nitrogens with two attached hydrogens (primary N) is 1. The maximum atomic E-state index is 14.0. The fourth-order valence-electron chi connectivity index (χ4n) is 1.25. The zero-order chi connectivity index (χ0) is 15.0. The van der Waals surface area contributed by atoms with Gasteiger partial charge in [-0.3, -0.25) is 0 Å². The lowest BCUT2D eigenvalue weighted by atomic mass is 10.1. The van der Waals surface area contributed by atoms with Crippen molar-refractivity contribution in [2.45, 2.75) is 31.3 Å². The maximum absolute atomic E-state index is 14.0. The maximum Gasteiger partial charge on any atom is 0.341 e. The lowest BCUT2D eigenvalue weighted by Gasteiger charge is -2.20. The van der Waals surface area contributed by atoms with E-state index in [-0.39, 0.29) is 5.02 Å². The largest absolute Gasteiger partial charge is 0.456 e. The van der Waals surface area contributed by atoms with Crippen LogP contribution in [-0.2, 0) is 14.8 Å². The summed E-state index contributed by atoms with van der Waals surface area (Å²) < 4.78 is 41.3. The summed E-state index contributed by atoms with van der Waals surface area (Å²) in [6, 6.07) is 1.82. The average molecular weight is 310 g/mol. The van der Waals surface area contributed by atoms with Gasteiger partial charge in [0.05, 0.1) is 5.56 Å². The van der Waals surface area contributed by atoms with Gasteiger partial charge in [-0.25, -0.2) is 22.7 Å². The lowest BCUT2D eigenvalue weighted by Crippen LogP contribution is -2.25. The first-order chi connectivity index (χ1) is 8.42. The summed E-state index contributed by atoms with van der Waals surface area (Å²) in [5.41, 5.74) is -1.43. The summed E-state index contributed by atoms with van der Waals surface area (Å²) in [7, 11) is -4.32. The van der Waals surface area contributed by atoms with E-state index in [2.05, 4.69) is 0 Å². The Balaban J connectivity index is 3.38. The Hall–Kier alpha value is -1.18. The van der Waals surface area contributed by atoms with Gasteiger partial charge in [-0.15, -0.1) is 0 Å². The number of ether oxygens (including phenoxy) is 1. The van der Waals surface area contributed by atoms with Crippen LogP contribution in [0.25, 0.3) is 0 Å². The predicted molar refractivity (Wildman–Crippen MR) is 68.0 cm³/mol. The average Bonchev–Trinajstić information content (AvgIpc) is 2.16. The normalized spacial score (nSPS) is 12.3. The van der Waals surface area contributed by atoms with E-state index in [0.29, 0.717) is 0 Å². The number of carbonyl (C=O) groups excluding carboxylic acids is 1. The molecule has 0 bridgehead atoms. The molecule has 1 rings (SSSR count). The molecule has 106 valence electrons. The highest BCUT2D eigenvalue weighted by molar-refractivity contribution is 7.89. The molecule has 5 nitrogen and oxygen atoms in total. The highest BCUT2D eigenvalue weighted by Gasteiger charge is 2.26. The minimum atomic E-state index is -4.32. The van der Waals surface area contributed by atoms with E-state index in [1.165, 1.54) is 0 Å². The Morgan fingerprint density at radius 2 is 1.89 bits per heavy atom. The first kappa shape index (κ1) is 15.9. The third-order valence-electron chi connectivity index (χ3n) is 1.93. The Bertz CT molecular complexity index is 622. The third kappa shape index (κ3) is 4.15. The number of benzene rings is 1. The van der Waals surface area contributed by atoms with Crippen LogP contribution >= 0.6 is 11.6 Å². The van der Waals surface area contributed by atoms with E-state index in [1.807, 2.05) is 0 Å². The first-order valence-corrected chi connectivity index (χ1v) is 7.09. The van der Waals surface area contributed by atoms with Gasteiger partial charge in [0.25, 0.3) is 0 Å². The molecule has 8 heteroatoms. The second kappa shape index (κ2) is 5.07. The number of esters is 1. The number of hydrogen-bond donors (Lipinski definition) is 1. The second-order valence-electron chi connectivity index (χ2n) is 4.81. The molecular formula is C11H13ClFNO4S. The topological polar surface area (TPSA) is 86.5 Å². The molecule has 2 N–H and O–H groups in total. The molecule has 0 aromatic heterocycles. The van der Waals surface area contributed by atoms with E-state index in [9.17, 15) is 17.6 Å². The molecule has 0 radical (unpaired) electrons. The number of halogens is 2. The van der Waals surface area contributed by atoms with Crippen LogP contribution in [0.5, 0.6) is 0 Å². The zero-order valence-corrected chi connectivity index (χ0v) is 12.1. The summed E-state index contributed by atoms with van der Waals surface area (Å²) in [5, 5.41) is 4.71. The van der Waals surface area contributed by atoms with Gasteiger partial charge in [-0.05, 0) is 32.9 Å². The van der Waals surface area contributed by atoms with E-state index in [0.717, 1.165) is 12.1 Å². The van der Waals surface area contributed by atoms with E-state index in [1.54, 1.807) is 20.8 Å². The minimum absolute atomic E-state index is 0.133. The van der Waals surface area contributed by atoms with E-state index >= 15 is 0 Å². The molecule has 0 saturated carbocycles. The van der Waals surface area contributed by atoms with Gasteiger partial charge in [-0.1, -0.05) is 11.6 Å². The predicted octanol–water partition coefficient (Wildman–Crippen LogP) is 2.08. The van der Waals surface area contributed by atoms with Crippen LogP contribution in [0.15, 0.2) is 17.0 Å². The van der Waals surface area contributed by atoms with Crippen LogP contribution in [0, 0.1) is 5.82 Å². The van der Waals surface area contributed by atoms with Crippen molar-refractivity contribution in [2.24, 2.45) is 5.14 Å². The van der Waals surface area contributed by atoms with Crippen molar-refractivity contribution in [3.05, 3.63) is 28.5 Å². The van der Waals surface area contributed by atoms with Gasteiger partial charge < -0.3 is 4.74 Å². The fourth-order valence-corrected chi connectivity index (χ4v) is 2.19. The Morgan fingerprint density at radius 1 is 1.37 bits per heavy atom. The summed E-state index contributed by atoms with van der Waals surface area (Å²) in [5.74, 6) is -2.29. The Kier molecular flexibility index (Phi) is 4.23. The summed E-state index contributed by atoms with van der Waals surface area (Å²) >= 11 is 5.65. The van der Waals surface area contributed by atoms with Crippen LogP contribution < -0.4 is 5.14 Å². The Morgan fingerprint density at radius 3 is 2.32 bits per heavy atom. The van der Waals surface area contributed by atoms with Gasteiger partial charge in [0.1, 0.15) is 10.5 Å². The highest BCUT2D eigenvalue weighted by Crippen LogP contribution is 2.24. The number of hydrogen-bond acceptors (Lipinski definition) is 4. The summed E-state index contributed by atoms with van der Waals surface area (Å²) in [6.07, 6.45) is 0. The number of carbonyl (C=O) groups is 1. The number of sulfonamides is 1. The van der Waals surface area contributed by atoms with Crippen molar-refractivity contribution < 1.29 is 22.3 Å². The van der Waals surface area contributed by atoms with Crippen molar-refractivity contribution in [2.75, 3.05) is 0 Å². The number of primary sulfonamides is 1. The molecule has 1 aromatic rings. The van der Waals surface area contributed by atoms with E-state index in [4.69, 9.17) is 21.5 Å². The van der Waals surface area contributed by atoms with Gasteiger partial charge in [0, 0.05) is 5.02 Å². The molecule has 0 aliphatic heterocycles. The minimum Gasteiger partial charge on any atom is -0.456 e. The molecule has 19 heavy (non-hydrogen) atoms. The molecule has 0 spiro atoms. The van der Waals surface area contributed by atoms with Crippen molar-refractivity contribution >= 4 is 27.6 Å². The van der Waals surface area contributed by atoms with Crippen molar-refractivity contribution in [3.8, 4) is 0 Å². The molecule has 0 unspecified atom stereocenters. The van der Waals surface area contributed by atoms with Crippen LogP contribution in [0.1, 0.15) is 31.1 Å². The highest BCUT2D eigenvalue weighted by atomic mass is 35.5. The van der Waals surface area contributed by atoms with Gasteiger partial charge in [0.2, 0.25) is 10.0 Å². The van der Waals surface area contributed by atoms with Crippen LogP contribution in [0.3, 0.4) is 0 Å². The summed E-state index contributed by atoms with van der Waals surface area (Å²) in [6.45, 7) is 4.77. The molecule has 0 heterocycles. The zero-order valence-electron chi connectivity index (χ0n) is 10.5. The monoisotopic (exact) mass is 309 g/mol. The number of rotatable bonds is 2. The SMILES string of the molecule is CC(C)(C)OC(=O)c1cc(Cl)cc(S(N)(=O)=O)c1F. The molecule has 0 aliphatic carbocycles. The van der Waals surface area contributed by atoms with Crippen molar-refractivity contribution in [1.29, 1.82) is 0 Å². The van der Waals surface area contributed by atoms with Crippen molar-refractivity contribution in [1.82, 2.24) is 0 Å². The van der Waals surface area contributed by atoms with Gasteiger partial charge >= 0.3 is 5.97 Å². The lowest BCUT2D eigenvalue weighted by molar-refractivity contribution is 0.00641. The van der Waals surface area contributed by atoms with Crippen LogP contribution in [0.4, 0.5) is 4.39 Å². The quantitative estimate of drug-likeness (QED) is 0.847. The molecule has 0 saturated heterocycles. The smallest absolute Gasteiger partial charge is 0.341 e.